The summed E-state index contributed by atoms with van der Waals surface area (Å²) < 4.78 is 5.40. The number of aliphatic carboxylic acids is 1. The van der Waals surface area contributed by atoms with Crippen molar-refractivity contribution in [2.45, 2.75) is 13.0 Å². The van der Waals surface area contributed by atoms with Crippen molar-refractivity contribution in [1.82, 2.24) is 5.16 Å². The number of fused-ring (bicyclic) bond motifs is 1. The number of hydrogen-bond acceptors (Lipinski definition) is 5. The summed E-state index contributed by atoms with van der Waals surface area (Å²) in [6.45, 7) is 1.52. The van der Waals surface area contributed by atoms with Crippen LogP contribution in [0.25, 0.3) is 22.1 Å². The number of aliphatic imine (C=N–C) groups is 1. The van der Waals surface area contributed by atoms with Gasteiger partial charge in [0.2, 0.25) is 0 Å². The molecular weight excluding hydrogens is 402 g/mol. The molecule has 0 amide bonds. The third-order valence-corrected chi connectivity index (χ3v) is 5.04. The molecule has 7 heteroatoms. The summed E-state index contributed by atoms with van der Waals surface area (Å²) in [5.41, 5.74) is 3.96. The van der Waals surface area contributed by atoms with Gasteiger partial charge in [0.05, 0.1) is 16.1 Å². The Balaban J connectivity index is 1.66. The van der Waals surface area contributed by atoms with Crippen molar-refractivity contribution in [2.24, 2.45) is 4.99 Å². The quantitative estimate of drug-likeness (QED) is 0.386. The number of aromatic nitrogens is 1. The molecule has 0 spiro atoms. The topological polar surface area (TPSA) is 87.7 Å². The monoisotopic (exact) mass is 419 g/mol. The summed E-state index contributed by atoms with van der Waals surface area (Å²) in [4.78, 5) is 15.0. The second-order valence-corrected chi connectivity index (χ2v) is 7.12. The molecule has 0 aliphatic rings. The Hall–Kier alpha value is -3.64. The fourth-order valence-electron chi connectivity index (χ4n) is 2.99. The Morgan fingerprint density at radius 1 is 1.17 bits per heavy atom. The summed E-state index contributed by atoms with van der Waals surface area (Å²) in [6.07, 6.45) is 1.53. The Bertz CT molecular complexity index is 1240. The van der Waals surface area contributed by atoms with Crippen molar-refractivity contribution in [3.05, 3.63) is 77.3 Å². The first-order valence-electron chi connectivity index (χ1n) is 9.29. The Kier molecular flexibility index (Phi) is 5.50. The maximum atomic E-state index is 10.9. The molecule has 1 unspecified atom stereocenters. The molecule has 0 saturated carbocycles. The van der Waals surface area contributed by atoms with E-state index in [0.717, 1.165) is 22.1 Å². The van der Waals surface area contributed by atoms with Crippen LogP contribution in [0, 0.1) is 0 Å². The normalized spacial score (nSPS) is 12.3. The first-order chi connectivity index (χ1) is 14.5. The molecule has 3 aromatic carbocycles. The molecular formula is C23H18ClN3O3. The van der Waals surface area contributed by atoms with E-state index in [-0.39, 0.29) is 0 Å². The van der Waals surface area contributed by atoms with Gasteiger partial charge in [-0.3, -0.25) is 4.99 Å². The molecule has 0 fully saturated rings. The van der Waals surface area contributed by atoms with E-state index in [1.807, 2.05) is 54.6 Å². The van der Waals surface area contributed by atoms with Crippen molar-refractivity contribution < 1.29 is 14.4 Å². The lowest BCUT2D eigenvalue weighted by atomic mass is 10.0. The van der Waals surface area contributed by atoms with Gasteiger partial charge in [-0.15, -0.1) is 0 Å². The van der Waals surface area contributed by atoms with Crippen molar-refractivity contribution in [3.8, 4) is 11.1 Å². The number of halogens is 1. The summed E-state index contributed by atoms with van der Waals surface area (Å²) in [5.74, 6) is -0.466. The smallest absolute Gasteiger partial charge is 0.328 e. The van der Waals surface area contributed by atoms with E-state index in [4.69, 9.17) is 21.2 Å². The molecule has 4 rings (SSSR count). The number of nitrogens with zero attached hydrogens (tertiary/aromatic N) is 2. The maximum absolute atomic E-state index is 10.9. The molecule has 4 aromatic rings. The number of nitrogens with one attached hydrogen (secondary N) is 1. The predicted octanol–water partition coefficient (Wildman–Crippen LogP) is 5.78. The minimum absolute atomic E-state index is 0.513. The highest BCUT2D eigenvalue weighted by Crippen LogP contribution is 2.36. The van der Waals surface area contributed by atoms with E-state index in [9.17, 15) is 4.79 Å². The van der Waals surface area contributed by atoms with Crippen LogP contribution in [0.4, 0.5) is 11.5 Å². The third-order valence-electron chi connectivity index (χ3n) is 4.64. The molecule has 0 aliphatic heterocycles. The fraction of sp³-hybridized carbons (Fsp3) is 0.0870. The lowest BCUT2D eigenvalue weighted by Crippen LogP contribution is -2.13. The van der Waals surface area contributed by atoms with Gasteiger partial charge in [-0.25, -0.2) is 4.79 Å². The van der Waals surface area contributed by atoms with E-state index in [2.05, 4.69) is 15.5 Å². The highest BCUT2D eigenvalue weighted by atomic mass is 35.5. The van der Waals surface area contributed by atoms with Gasteiger partial charge in [0.15, 0.2) is 11.4 Å². The van der Waals surface area contributed by atoms with Crippen LogP contribution < -0.4 is 5.32 Å². The van der Waals surface area contributed by atoms with Gasteiger partial charge in [0, 0.05) is 11.8 Å². The first kappa shape index (κ1) is 19.7. The Morgan fingerprint density at radius 2 is 1.97 bits per heavy atom. The molecule has 30 heavy (non-hydrogen) atoms. The van der Waals surface area contributed by atoms with Crippen molar-refractivity contribution in [3.63, 3.8) is 0 Å². The largest absolute Gasteiger partial charge is 0.480 e. The zero-order valence-corrected chi connectivity index (χ0v) is 16.8. The van der Waals surface area contributed by atoms with E-state index in [1.165, 1.54) is 13.1 Å². The standard InChI is InChI=1S/C23H18ClN3O3/c1-14(23(28)29)25-13-15-10-11-20-18(12-15)22(27-30-20)26-19-9-5-8-17(21(19)24)16-6-3-2-4-7-16/h2-14H,1H3,(H,26,27)(H,28,29). The molecule has 0 radical (unpaired) electrons. The second kappa shape index (κ2) is 8.39. The molecule has 1 atom stereocenters. The lowest BCUT2D eigenvalue weighted by molar-refractivity contribution is -0.137. The van der Waals surface area contributed by atoms with Gasteiger partial charge in [-0.2, -0.15) is 0 Å². The van der Waals surface area contributed by atoms with Gasteiger partial charge in [0.25, 0.3) is 0 Å². The minimum atomic E-state index is -0.979. The lowest BCUT2D eigenvalue weighted by Gasteiger charge is -2.10. The molecule has 2 N–H and O–H groups in total. The summed E-state index contributed by atoms with van der Waals surface area (Å²) >= 11 is 6.66. The molecule has 150 valence electrons. The maximum Gasteiger partial charge on any atom is 0.328 e. The highest BCUT2D eigenvalue weighted by molar-refractivity contribution is 6.36. The number of hydrogen-bond donors (Lipinski definition) is 2. The predicted molar refractivity (Wildman–Crippen MR) is 119 cm³/mol. The number of carboxylic acids is 1. The van der Waals surface area contributed by atoms with Crippen LogP contribution >= 0.6 is 11.6 Å². The summed E-state index contributed by atoms with van der Waals surface area (Å²) in [7, 11) is 0. The Morgan fingerprint density at radius 3 is 2.73 bits per heavy atom. The number of carboxylic acid groups (broad SMARTS) is 1. The minimum Gasteiger partial charge on any atom is -0.480 e. The van der Waals surface area contributed by atoms with Crippen LogP contribution in [-0.2, 0) is 4.79 Å². The van der Waals surface area contributed by atoms with Crippen LogP contribution in [0.15, 0.2) is 76.2 Å². The van der Waals surface area contributed by atoms with Crippen molar-refractivity contribution in [2.75, 3.05) is 5.32 Å². The first-order valence-corrected chi connectivity index (χ1v) is 9.67. The van der Waals surface area contributed by atoms with Gasteiger partial charge >= 0.3 is 5.97 Å². The Labute approximate surface area is 177 Å². The number of carbonyl (C=O) groups is 1. The molecule has 0 aliphatic carbocycles. The van der Waals surface area contributed by atoms with Gasteiger partial charge in [0.1, 0.15) is 6.04 Å². The highest BCUT2D eigenvalue weighted by Gasteiger charge is 2.13. The summed E-state index contributed by atoms with van der Waals surface area (Å²) in [5, 5.41) is 17.6. The molecule has 1 heterocycles. The number of benzene rings is 3. The average Bonchev–Trinajstić information content (AvgIpc) is 3.16. The molecule has 0 bridgehead atoms. The van der Waals surface area contributed by atoms with E-state index < -0.39 is 12.0 Å². The molecule has 1 aromatic heterocycles. The van der Waals surface area contributed by atoms with Crippen LogP contribution in [0.5, 0.6) is 0 Å². The second-order valence-electron chi connectivity index (χ2n) is 6.74. The van der Waals surface area contributed by atoms with E-state index in [1.54, 1.807) is 12.1 Å². The van der Waals surface area contributed by atoms with Gasteiger partial charge in [-0.05, 0) is 42.3 Å². The van der Waals surface area contributed by atoms with Gasteiger partial charge < -0.3 is 14.9 Å². The van der Waals surface area contributed by atoms with Crippen LogP contribution in [0.3, 0.4) is 0 Å². The van der Waals surface area contributed by atoms with Crippen LogP contribution in [0.2, 0.25) is 5.02 Å². The molecule has 0 saturated heterocycles. The van der Waals surface area contributed by atoms with Crippen molar-refractivity contribution >= 4 is 46.3 Å². The third kappa shape index (κ3) is 4.04. The SMILES string of the molecule is CC(N=Cc1ccc2onc(Nc3cccc(-c4ccccc4)c3Cl)c2c1)C(=O)O. The van der Waals surface area contributed by atoms with Crippen LogP contribution in [-0.4, -0.2) is 28.5 Å². The number of anilines is 2. The zero-order chi connectivity index (χ0) is 21.1. The van der Waals surface area contributed by atoms with E-state index in [0.29, 0.717) is 22.1 Å². The average molecular weight is 420 g/mol. The van der Waals surface area contributed by atoms with Crippen LogP contribution in [0.1, 0.15) is 12.5 Å². The number of rotatable bonds is 6. The van der Waals surface area contributed by atoms with E-state index >= 15 is 0 Å². The van der Waals surface area contributed by atoms with Crippen molar-refractivity contribution in [1.29, 1.82) is 0 Å². The van der Waals surface area contributed by atoms with Gasteiger partial charge in [-0.1, -0.05) is 59.2 Å². The fourth-order valence-corrected chi connectivity index (χ4v) is 3.27. The summed E-state index contributed by atoms with van der Waals surface area (Å²) in [6, 6.07) is 20.2. The molecule has 6 nitrogen and oxygen atoms in total. The zero-order valence-electron chi connectivity index (χ0n) is 16.0.